The lowest BCUT2D eigenvalue weighted by Crippen LogP contribution is -2.51. The first-order chi connectivity index (χ1) is 12.4. The Labute approximate surface area is 149 Å². The van der Waals surface area contributed by atoms with Gasteiger partial charge in [0.05, 0.1) is 0 Å². The lowest BCUT2D eigenvalue weighted by Gasteiger charge is -2.36. The van der Waals surface area contributed by atoms with E-state index in [4.69, 9.17) is 0 Å². The van der Waals surface area contributed by atoms with Crippen molar-refractivity contribution in [3.63, 3.8) is 0 Å². The molecule has 0 aliphatic heterocycles. The Bertz CT molecular complexity index is 646. The monoisotopic (exact) mass is 332 g/mol. The van der Waals surface area contributed by atoms with Gasteiger partial charge in [-0.25, -0.2) is 5.43 Å². The van der Waals surface area contributed by atoms with E-state index in [1.165, 1.54) is 0 Å². The third-order valence-corrected chi connectivity index (χ3v) is 3.94. The van der Waals surface area contributed by atoms with E-state index < -0.39 is 5.54 Å². The van der Waals surface area contributed by atoms with Crippen molar-refractivity contribution in [2.24, 2.45) is 0 Å². The van der Waals surface area contributed by atoms with Crippen molar-refractivity contribution in [3.8, 4) is 0 Å². The number of rotatable bonds is 6. The van der Waals surface area contributed by atoms with Crippen LogP contribution in [0, 0.1) is 0 Å². The number of hydrogen-bond acceptors (Lipinski definition) is 2. The number of carbonyl (C=O) groups is 1. The highest BCUT2D eigenvalue weighted by Gasteiger charge is 2.35. The van der Waals surface area contributed by atoms with Gasteiger partial charge in [-0.05, 0) is 16.7 Å². The Kier molecular flexibility index (Phi) is 6.93. The minimum absolute atomic E-state index is 0.656. The topological polar surface area (TPSA) is 41.1 Å². The van der Waals surface area contributed by atoms with Crippen molar-refractivity contribution in [3.05, 3.63) is 108 Å². The second-order valence-electron chi connectivity index (χ2n) is 5.24. The smallest absolute Gasteiger partial charge is 0.221 e. The van der Waals surface area contributed by atoms with Crippen molar-refractivity contribution in [1.82, 2.24) is 10.9 Å². The van der Waals surface area contributed by atoms with Crippen molar-refractivity contribution < 1.29 is 4.79 Å². The van der Waals surface area contributed by atoms with Crippen LogP contribution < -0.4 is 10.9 Å². The molecule has 3 aromatic rings. The Morgan fingerprint density at radius 1 is 0.640 bits per heavy atom. The van der Waals surface area contributed by atoms with Crippen molar-refractivity contribution >= 4 is 6.41 Å². The first-order valence-corrected chi connectivity index (χ1v) is 8.51. The quantitative estimate of drug-likeness (QED) is 0.402. The molecule has 0 radical (unpaired) electrons. The summed E-state index contributed by atoms with van der Waals surface area (Å²) in [5.74, 6) is 0. The first-order valence-electron chi connectivity index (χ1n) is 8.51. The molecule has 0 aromatic heterocycles. The summed E-state index contributed by atoms with van der Waals surface area (Å²) in [7, 11) is 0. The van der Waals surface area contributed by atoms with E-state index in [1.807, 2.05) is 68.4 Å². The second-order valence-corrected chi connectivity index (χ2v) is 5.24. The molecule has 0 aliphatic carbocycles. The average molecular weight is 332 g/mol. The Morgan fingerprint density at radius 2 is 0.960 bits per heavy atom. The summed E-state index contributed by atoms with van der Waals surface area (Å²) < 4.78 is 0. The van der Waals surface area contributed by atoms with Gasteiger partial charge in [0.15, 0.2) is 0 Å². The van der Waals surface area contributed by atoms with Crippen LogP contribution in [0.2, 0.25) is 0 Å². The normalized spacial score (nSPS) is 10.3. The number of nitrogens with one attached hydrogen (secondary N) is 2. The lowest BCUT2D eigenvalue weighted by molar-refractivity contribution is -0.110. The largest absolute Gasteiger partial charge is 0.293 e. The summed E-state index contributed by atoms with van der Waals surface area (Å²) in [6.07, 6.45) is 0.656. The van der Waals surface area contributed by atoms with Crippen LogP contribution in [0.5, 0.6) is 0 Å². The minimum atomic E-state index is -0.662. The van der Waals surface area contributed by atoms with Crippen LogP contribution in [0.1, 0.15) is 30.5 Å². The molecule has 0 saturated heterocycles. The lowest BCUT2D eigenvalue weighted by atomic mass is 9.77. The third-order valence-electron chi connectivity index (χ3n) is 3.94. The summed E-state index contributed by atoms with van der Waals surface area (Å²) in [6.45, 7) is 4.00. The van der Waals surface area contributed by atoms with Crippen LogP contribution in [0.3, 0.4) is 0 Å². The standard InChI is InChI=1S/C20H18N2O.C2H6/c23-16-21-22-20(17-10-4-1-5-11-17,18-12-6-2-7-13-18)19-14-8-3-9-15-19;1-2/h1-16,22H,(H,21,23);1-2H3. The number of benzene rings is 3. The molecule has 0 unspecified atom stereocenters. The molecule has 3 nitrogen and oxygen atoms in total. The predicted molar refractivity (Wildman–Crippen MR) is 103 cm³/mol. The van der Waals surface area contributed by atoms with Crippen molar-refractivity contribution in [1.29, 1.82) is 0 Å². The Morgan fingerprint density at radius 3 is 1.24 bits per heavy atom. The van der Waals surface area contributed by atoms with Crippen LogP contribution in [-0.2, 0) is 10.3 Å². The maximum atomic E-state index is 11.0. The highest BCUT2D eigenvalue weighted by molar-refractivity contribution is 5.51. The molecular formula is C22H24N2O. The van der Waals surface area contributed by atoms with E-state index in [1.54, 1.807) is 0 Å². The van der Waals surface area contributed by atoms with Gasteiger partial charge in [-0.2, -0.15) is 0 Å². The minimum Gasteiger partial charge on any atom is -0.293 e. The highest BCUT2D eigenvalue weighted by Crippen LogP contribution is 2.35. The SMILES string of the molecule is CC.O=CNNC(c1ccccc1)(c1ccccc1)c1ccccc1. The number of amides is 1. The molecule has 3 aromatic carbocycles. The summed E-state index contributed by atoms with van der Waals surface area (Å²) >= 11 is 0. The number of hydrogen-bond donors (Lipinski definition) is 2. The average Bonchev–Trinajstić information content (AvgIpc) is 2.72. The molecule has 0 atom stereocenters. The van der Waals surface area contributed by atoms with Gasteiger partial charge in [0.2, 0.25) is 6.41 Å². The van der Waals surface area contributed by atoms with Crippen LogP contribution in [0.25, 0.3) is 0 Å². The summed E-state index contributed by atoms with van der Waals surface area (Å²) in [5, 5.41) is 0. The maximum absolute atomic E-state index is 11.0. The van der Waals surface area contributed by atoms with Gasteiger partial charge >= 0.3 is 0 Å². The summed E-state index contributed by atoms with van der Waals surface area (Å²) in [5.41, 5.74) is 8.35. The van der Waals surface area contributed by atoms with Gasteiger partial charge in [0, 0.05) is 0 Å². The number of hydrazine groups is 1. The molecule has 0 spiro atoms. The summed E-state index contributed by atoms with van der Waals surface area (Å²) in [4.78, 5) is 11.0. The molecule has 3 rings (SSSR count). The van der Waals surface area contributed by atoms with E-state index in [9.17, 15) is 4.79 Å². The first kappa shape index (κ1) is 18.4. The van der Waals surface area contributed by atoms with Crippen LogP contribution in [-0.4, -0.2) is 6.41 Å². The molecule has 0 saturated carbocycles. The molecule has 0 aliphatic rings. The predicted octanol–water partition coefficient (Wildman–Crippen LogP) is 4.26. The number of carbonyl (C=O) groups excluding carboxylic acids is 1. The molecule has 1 amide bonds. The molecule has 0 fully saturated rings. The van der Waals surface area contributed by atoms with Crippen LogP contribution >= 0.6 is 0 Å². The van der Waals surface area contributed by atoms with Gasteiger partial charge in [-0.1, -0.05) is 105 Å². The molecule has 0 bridgehead atoms. The molecule has 0 heterocycles. The molecule has 3 heteroatoms. The fraction of sp³-hybridized carbons (Fsp3) is 0.136. The fourth-order valence-electron chi connectivity index (χ4n) is 2.92. The van der Waals surface area contributed by atoms with E-state index in [-0.39, 0.29) is 0 Å². The van der Waals surface area contributed by atoms with Gasteiger partial charge in [-0.3, -0.25) is 10.2 Å². The maximum Gasteiger partial charge on any atom is 0.221 e. The Balaban J connectivity index is 0.00000109. The van der Waals surface area contributed by atoms with Crippen molar-refractivity contribution in [2.45, 2.75) is 19.4 Å². The zero-order valence-corrected chi connectivity index (χ0v) is 14.6. The fourth-order valence-corrected chi connectivity index (χ4v) is 2.92. The van der Waals surface area contributed by atoms with Crippen LogP contribution in [0.15, 0.2) is 91.0 Å². The highest BCUT2D eigenvalue weighted by atomic mass is 16.1. The second kappa shape index (κ2) is 9.40. The summed E-state index contributed by atoms with van der Waals surface area (Å²) in [6, 6.07) is 30.3. The van der Waals surface area contributed by atoms with E-state index in [0.29, 0.717) is 6.41 Å². The third kappa shape index (κ3) is 3.95. The van der Waals surface area contributed by atoms with Gasteiger partial charge < -0.3 is 0 Å². The Hall–Kier alpha value is -2.91. The van der Waals surface area contributed by atoms with E-state index in [2.05, 4.69) is 47.2 Å². The molecule has 25 heavy (non-hydrogen) atoms. The zero-order valence-electron chi connectivity index (χ0n) is 14.6. The van der Waals surface area contributed by atoms with Crippen molar-refractivity contribution in [2.75, 3.05) is 0 Å². The molecule has 128 valence electrons. The molecular weight excluding hydrogens is 308 g/mol. The zero-order chi connectivity index (χ0) is 18.0. The molecule has 2 N–H and O–H groups in total. The van der Waals surface area contributed by atoms with E-state index in [0.717, 1.165) is 16.7 Å². The van der Waals surface area contributed by atoms with Gasteiger partial charge in [0.25, 0.3) is 0 Å². The van der Waals surface area contributed by atoms with E-state index >= 15 is 0 Å². The van der Waals surface area contributed by atoms with Gasteiger partial charge in [0.1, 0.15) is 5.54 Å². The van der Waals surface area contributed by atoms with Crippen LogP contribution in [0.4, 0.5) is 0 Å². The van der Waals surface area contributed by atoms with Gasteiger partial charge in [-0.15, -0.1) is 0 Å².